The normalized spacial score (nSPS) is 23.0. The quantitative estimate of drug-likeness (QED) is 0.831. The van der Waals surface area contributed by atoms with Gasteiger partial charge < -0.3 is 11.1 Å². The van der Waals surface area contributed by atoms with E-state index < -0.39 is 0 Å². The van der Waals surface area contributed by atoms with Gasteiger partial charge in [0.25, 0.3) is 0 Å². The zero-order valence-corrected chi connectivity index (χ0v) is 13.0. The van der Waals surface area contributed by atoms with Crippen molar-refractivity contribution in [3.8, 4) is 0 Å². The van der Waals surface area contributed by atoms with Crippen molar-refractivity contribution in [2.45, 2.75) is 45.2 Å². The summed E-state index contributed by atoms with van der Waals surface area (Å²) in [5, 5.41) is 3.64. The minimum Gasteiger partial charge on any atom is -0.389 e. The van der Waals surface area contributed by atoms with Gasteiger partial charge in [-0.15, -0.1) is 0 Å². The van der Waals surface area contributed by atoms with E-state index in [1.54, 1.807) is 0 Å². The molecule has 20 heavy (non-hydrogen) atoms. The van der Waals surface area contributed by atoms with Crippen molar-refractivity contribution in [1.82, 2.24) is 9.88 Å². The summed E-state index contributed by atoms with van der Waals surface area (Å²) in [6.07, 6.45) is 3.93. The Hall–Kier alpha value is -1.20. The first-order valence-corrected chi connectivity index (χ1v) is 7.74. The van der Waals surface area contributed by atoms with Gasteiger partial charge in [-0.05, 0) is 39.2 Å². The second-order valence-corrected chi connectivity index (χ2v) is 6.43. The summed E-state index contributed by atoms with van der Waals surface area (Å²) in [5.74, 6) is 0. The Morgan fingerprint density at radius 1 is 1.40 bits per heavy atom. The molecule has 1 unspecified atom stereocenters. The molecule has 1 aromatic rings. The zero-order chi connectivity index (χ0) is 14.3. The van der Waals surface area contributed by atoms with Crippen LogP contribution in [0.2, 0.25) is 0 Å². The maximum atomic E-state index is 5.87. The number of nitrogens with zero attached hydrogens (tertiary/aromatic N) is 2. The molecule has 1 aliphatic heterocycles. The van der Waals surface area contributed by atoms with Crippen LogP contribution in [0, 0.1) is 13.8 Å². The van der Waals surface area contributed by atoms with Gasteiger partial charge in [0.1, 0.15) is 4.99 Å². The lowest BCUT2D eigenvalue weighted by molar-refractivity contribution is 0.326. The molecule has 1 saturated carbocycles. The summed E-state index contributed by atoms with van der Waals surface area (Å²) in [6, 6.07) is 3.39. The summed E-state index contributed by atoms with van der Waals surface area (Å²) >= 11 is 5.18. The van der Waals surface area contributed by atoms with Gasteiger partial charge in [-0.3, -0.25) is 9.88 Å². The van der Waals surface area contributed by atoms with Crippen LogP contribution in [0.1, 0.15) is 36.2 Å². The Morgan fingerprint density at radius 3 is 2.80 bits per heavy atom. The molecule has 0 amide bonds. The van der Waals surface area contributed by atoms with Crippen LogP contribution in [0.3, 0.4) is 0 Å². The van der Waals surface area contributed by atoms with E-state index in [1.165, 1.54) is 25.8 Å². The second-order valence-electron chi connectivity index (χ2n) is 5.99. The highest BCUT2D eigenvalue weighted by Crippen LogP contribution is 2.31. The van der Waals surface area contributed by atoms with E-state index >= 15 is 0 Å². The summed E-state index contributed by atoms with van der Waals surface area (Å²) in [6.45, 7) is 6.31. The van der Waals surface area contributed by atoms with Crippen molar-refractivity contribution >= 4 is 22.9 Å². The Balaban J connectivity index is 1.78. The molecule has 2 heterocycles. The molecular formula is C15H22N4S. The van der Waals surface area contributed by atoms with E-state index in [4.69, 9.17) is 18.0 Å². The van der Waals surface area contributed by atoms with Gasteiger partial charge in [0.2, 0.25) is 0 Å². The Bertz CT molecular complexity index is 539. The van der Waals surface area contributed by atoms with Crippen LogP contribution in [0.25, 0.3) is 0 Å². The van der Waals surface area contributed by atoms with Gasteiger partial charge in [-0.25, -0.2) is 0 Å². The third kappa shape index (κ3) is 2.79. The molecule has 2 aliphatic rings. The number of anilines is 1. The minimum atomic E-state index is 0.426. The lowest BCUT2D eigenvalue weighted by atomic mass is 10.1. The Labute approximate surface area is 125 Å². The number of rotatable bonds is 4. The second kappa shape index (κ2) is 5.30. The largest absolute Gasteiger partial charge is 0.389 e. The molecule has 108 valence electrons. The molecular weight excluding hydrogens is 268 g/mol. The molecule has 1 aliphatic carbocycles. The highest BCUT2D eigenvalue weighted by atomic mass is 32.1. The summed E-state index contributed by atoms with van der Waals surface area (Å²) in [7, 11) is 0. The fourth-order valence-electron chi connectivity index (χ4n) is 3.15. The molecule has 0 bridgehead atoms. The van der Waals surface area contributed by atoms with Crippen LogP contribution in [-0.4, -0.2) is 40.0 Å². The number of aromatic nitrogens is 1. The smallest absolute Gasteiger partial charge is 0.107 e. The molecule has 5 heteroatoms. The van der Waals surface area contributed by atoms with Gasteiger partial charge >= 0.3 is 0 Å². The monoisotopic (exact) mass is 290 g/mol. The van der Waals surface area contributed by atoms with Gasteiger partial charge in [-0.2, -0.15) is 0 Å². The molecule has 1 atom stereocenters. The van der Waals surface area contributed by atoms with E-state index in [-0.39, 0.29) is 0 Å². The fraction of sp³-hybridized carbons (Fsp3) is 0.600. The maximum Gasteiger partial charge on any atom is 0.107 e. The van der Waals surface area contributed by atoms with Crippen LogP contribution in [0.15, 0.2) is 6.07 Å². The van der Waals surface area contributed by atoms with Gasteiger partial charge in [0.15, 0.2) is 0 Å². The summed E-state index contributed by atoms with van der Waals surface area (Å²) in [4.78, 5) is 7.49. The summed E-state index contributed by atoms with van der Waals surface area (Å²) in [5.41, 5.74) is 9.73. The Morgan fingerprint density at radius 2 is 2.15 bits per heavy atom. The zero-order valence-electron chi connectivity index (χ0n) is 12.1. The van der Waals surface area contributed by atoms with Crippen molar-refractivity contribution in [2.75, 3.05) is 18.4 Å². The first-order chi connectivity index (χ1) is 9.54. The molecule has 2 fully saturated rings. The number of nitrogens with two attached hydrogens (primary N) is 1. The number of nitrogens with one attached hydrogen (secondary N) is 1. The number of hydrogen-bond donors (Lipinski definition) is 2. The van der Waals surface area contributed by atoms with E-state index in [0.29, 0.717) is 11.0 Å². The first-order valence-electron chi connectivity index (χ1n) is 7.33. The molecule has 0 radical (unpaired) electrons. The molecule has 0 spiro atoms. The lowest BCUT2D eigenvalue weighted by Crippen LogP contribution is -2.29. The topological polar surface area (TPSA) is 54.2 Å². The molecule has 4 nitrogen and oxygen atoms in total. The predicted octanol–water partition coefficient (Wildman–Crippen LogP) is 1.98. The van der Waals surface area contributed by atoms with Crippen LogP contribution < -0.4 is 11.1 Å². The van der Waals surface area contributed by atoms with E-state index in [0.717, 1.165) is 35.2 Å². The molecule has 3 N–H and O–H groups in total. The van der Waals surface area contributed by atoms with Gasteiger partial charge in [0.05, 0.1) is 5.56 Å². The third-order valence-electron chi connectivity index (χ3n) is 4.22. The van der Waals surface area contributed by atoms with Gasteiger partial charge in [-0.1, -0.05) is 12.2 Å². The lowest BCUT2D eigenvalue weighted by Gasteiger charge is -2.20. The fourth-order valence-corrected chi connectivity index (χ4v) is 3.41. The van der Waals surface area contributed by atoms with Crippen molar-refractivity contribution in [3.05, 3.63) is 23.0 Å². The number of hydrogen-bond acceptors (Lipinski definition) is 4. The number of likely N-dealkylation sites (tertiary alicyclic amines) is 1. The SMILES string of the molecule is Cc1cc(NC2CCN(C3CC3)C2)c(C(N)=S)c(C)n1. The molecule has 0 aromatic carbocycles. The van der Waals surface area contributed by atoms with Crippen LogP contribution in [-0.2, 0) is 0 Å². The average Bonchev–Trinajstić information content (AvgIpc) is 3.09. The Kier molecular flexibility index (Phi) is 3.65. The van der Waals surface area contributed by atoms with E-state index in [9.17, 15) is 0 Å². The molecule has 3 rings (SSSR count). The maximum absolute atomic E-state index is 5.87. The van der Waals surface area contributed by atoms with Crippen molar-refractivity contribution in [3.63, 3.8) is 0 Å². The predicted molar refractivity (Wildman–Crippen MR) is 86.2 cm³/mol. The molecule has 1 saturated heterocycles. The number of aryl methyl sites for hydroxylation is 2. The van der Waals surface area contributed by atoms with Crippen molar-refractivity contribution in [1.29, 1.82) is 0 Å². The van der Waals surface area contributed by atoms with E-state index in [1.807, 2.05) is 13.8 Å². The standard InChI is InChI=1S/C15H22N4S/c1-9-7-13(14(15(16)20)10(2)17-9)18-11-5-6-19(8-11)12-3-4-12/h7,11-12H,3-6,8H2,1-2H3,(H2,16,20)(H,17,18). The first kappa shape index (κ1) is 13.8. The van der Waals surface area contributed by atoms with Crippen LogP contribution >= 0.6 is 12.2 Å². The van der Waals surface area contributed by atoms with Crippen molar-refractivity contribution in [2.24, 2.45) is 5.73 Å². The third-order valence-corrected chi connectivity index (χ3v) is 4.42. The number of thiocarbonyl (C=S) groups is 1. The molecule has 1 aromatic heterocycles. The van der Waals surface area contributed by atoms with E-state index in [2.05, 4.69) is 21.3 Å². The van der Waals surface area contributed by atoms with Crippen molar-refractivity contribution < 1.29 is 0 Å². The van der Waals surface area contributed by atoms with Gasteiger partial charge in [0, 0.05) is 42.2 Å². The van der Waals surface area contributed by atoms with Crippen LogP contribution in [0.5, 0.6) is 0 Å². The highest BCUT2D eigenvalue weighted by Gasteiger charge is 2.34. The highest BCUT2D eigenvalue weighted by molar-refractivity contribution is 7.80. The summed E-state index contributed by atoms with van der Waals surface area (Å²) < 4.78 is 0. The number of pyridine rings is 1. The minimum absolute atomic E-state index is 0.426. The average molecular weight is 290 g/mol. The van der Waals surface area contributed by atoms with Crippen LogP contribution in [0.4, 0.5) is 5.69 Å².